The van der Waals surface area contributed by atoms with Gasteiger partial charge in [0, 0.05) is 45.6 Å². The molecule has 2 heterocycles. The Labute approximate surface area is 167 Å². The van der Waals surface area contributed by atoms with Crippen LogP contribution in [-0.2, 0) is 24.1 Å². The fourth-order valence-electron chi connectivity index (χ4n) is 3.00. The Hall–Kier alpha value is -2.32. The van der Waals surface area contributed by atoms with Gasteiger partial charge in [0.15, 0.2) is 5.96 Å². The maximum atomic E-state index is 11.7. The number of carbonyl (C=O) groups is 1. The van der Waals surface area contributed by atoms with Crippen molar-refractivity contribution < 1.29 is 9.53 Å². The number of amides is 1. The van der Waals surface area contributed by atoms with Gasteiger partial charge in [-0.1, -0.05) is 6.42 Å². The normalized spacial score (nSPS) is 14.8. The Morgan fingerprint density at radius 3 is 2.68 bits per heavy atom. The van der Waals surface area contributed by atoms with E-state index in [0.717, 1.165) is 43.5 Å². The zero-order valence-electron chi connectivity index (χ0n) is 17.7. The van der Waals surface area contributed by atoms with E-state index in [4.69, 9.17) is 4.74 Å². The van der Waals surface area contributed by atoms with Gasteiger partial charge in [-0.2, -0.15) is 0 Å². The number of nitrogens with zero attached hydrogens (tertiary/aromatic N) is 4. The number of aliphatic imine (C=N–C) groups is 1. The molecule has 0 radical (unpaired) electrons. The molecule has 0 fully saturated rings. The molecule has 0 atom stereocenters. The van der Waals surface area contributed by atoms with Gasteiger partial charge in [-0.05, 0) is 40.5 Å². The van der Waals surface area contributed by atoms with E-state index in [2.05, 4.69) is 35.7 Å². The van der Waals surface area contributed by atoms with Gasteiger partial charge in [0.05, 0.1) is 0 Å². The number of hydrogen-bond acceptors (Lipinski definition) is 5. The number of rotatable bonds is 7. The van der Waals surface area contributed by atoms with Gasteiger partial charge < -0.3 is 25.3 Å². The predicted octanol–water partition coefficient (Wildman–Crippen LogP) is 1.63. The van der Waals surface area contributed by atoms with E-state index < -0.39 is 11.7 Å². The van der Waals surface area contributed by atoms with E-state index in [-0.39, 0.29) is 0 Å². The first-order valence-electron chi connectivity index (χ1n) is 10.3. The number of aryl methyl sites for hydroxylation is 1. The molecular formula is C19H35N7O2. The summed E-state index contributed by atoms with van der Waals surface area (Å²) in [6.45, 7) is 11.0. The topological polar surface area (TPSA) is 105 Å². The van der Waals surface area contributed by atoms with Gasteiger partial charge >= 0.3 is 6.09 Å². The molecule has 1 aromatic heterocycles. The van der Waals surface area contributed by atoms with Crippen LogP contribution in [-0.4, -0.2) is 58.6 Å². The van der Waals surface area contributed by atoms with Crippen LogP contribution in [0.5, 0.6) is 0 Å². The fraction of sp³-hybridized carbons (Fsp3) is 0.789. The SMILES string of the molecule is CCNC(=NCCc1nnc2n1CCCCC2)NCCNC(=O)OC(C)(C)C. The van der Waals surface area contributed by atoms with Crippen molar-refractivity contribution in [3.05, 3.63) is 11.6 Å². The average Bonchev–Trinajstić information content (AvgIpc) is 2.84. The highest BCUT2D eigenvalue weighted by atomic mass is 16.6. The van der Waals surface area contributed by atoms with E-state index in [1.165, 1.54) is 19.3 Å². The lowest BCUT2D eigenvalue weighted by atomic mass is 10.2. The molecule has 9 heteroatoms. The lowest BCUT2D eigenvalue weighted by Gasteiger charge is -2.19. The Bertz CT molecular complexity index is 649. The summed E-state index contributed by atoms with van der Waals surface area (Å²) in [5, 5.41) is 17.8. The molecular weight excluding hydrogens is 358 g/mol. The molecule has 3 N–H and O–H groups in total. The van der Waals surface area contributed by atoms with E-state index in [1.54, 1.807) is 0 Å². The highest BCUT2D eigenvalue weighted by Crippen LogP contribution is 2.14. The molecule has 1 aliphatic rings. The zero-order valence-corrected chi connectivity index (χ0v) is 17.7. The van der Waals surface area contributed by atoms with Crippen molar-refractivity contribution in [1.29, 1.82) is 0 Å². The summed E-state index contributed by atoms with van der Waals surface area (Å²) >= 11 is 0. The summed E-state index contributed by atoms with van der Waals surface area (Å²) in [7, 11) is 0. The number of alkyl carbamates (subject to hydrolysis) is 1. The third-order valence-electron chi connectivity index (χ3n) is 4.22. The summed E-state index contributed by atoms with van der Waals surface area (Å²) in [6.07, 6.45) is 5.01. The van der Waals surface area contributed by atoms with Gasteiger partial charge in [-0.15, -0.1) is 10.2 Å². The minimum atomic E-state index is -0.492. The predicted molar refractivity (Wildman–Crippen MR) is 109 cm³/mol. The molecule has 2 rings (SSSR count). The number of guanidine groups is 1. The average molecular weight is 394 g/mol. The standard InChI is InChI=1S/C19H35N7O2/c1-5-20-17(22-12-13-23-18(27)28-19(2,3)4)21-11-10-16-25-24-15-9-7-6-8-14-26(15)16/h5-14H2,1-4H3,(H,23,27)(H2,20,21,22). The summed E-state index contributed by atoms with van der Waals surface area (Å²) in [5.41, 5.74) is -0.492. The van der Waals surface area contributed by atoms with Gasteiger partial charge in [0.25, 0.3) is 0 Å². The molecule has 1 aromatic rings. The van der Waals surface area contributed by atoms with Gasteiger partial charge in [-0.25, -0.2) is 4.79 Å². The Kier molecular flexibility index (Phi) is 8.53. The number of ether oxygens (including phenoxy) is 1. The summed E-state index contributed by atoms with van der Waals surface area (Å²) in [4.78, 5) is 16.3. The number of carbonyl (C=O) groups excluding carboxylic acids is 1. The molecule has 1 amide bonds. The molecule has 28 heavy (non-hydrogen) atoms. The minimum Gasteiger partial charge on any atom is -0.444 e. The summed E-state index contributed by atoms with van der Waals surface area (Å²) < 4.78 is 7.47. The van der Waals surface area contributed by atoms with Crippen LogP contribution in [0.2, 0.25) is 0 Å². The van der Waals surface area contributed by atoms with Crippen molar-refractivity contribution in [1.82, 2.24) is 30.7 Å². The van der Waals surface area contributed by atoms with Crippen LogP contribution in [0.3, 0.4) is 0 Å². The van der Waals surface area contributed by atoms with Crippen molar-refractivity contribution in [3.63, 3.8) is 0 Å². The van der Waals surface area contributed by atoms with E-state index in [0.29, 0.717) is 19.6 Å². The van der Waals surface area contributed by atoms with Gasteiger partial charge in [0.1, 0.15) is 17.2 Å². The number of hydrogen-bond donors (Lipinski definition) is 3. The lowest BCUT2D eigenvalue weighted by molar-refractivity contribution is 0.0529. The van der Waals surface area contributed by atoms with E-state index in [1.807, 2.05) is 27.7 Å². The quantitative estimate of drug-likeness (QED) is 0.369. The van der Waals surface area contributed by atoms with Crippen molar-refractivity contribution in [2.75, 3.05) is 26.2 Å². The van der Waals surface area contributed by atoms with Crippen LogP contribution in [0, 0.1) is 0 Å². The second kappa shape index (κ2) is 10.9. The van der Waals surface area contributed by atoms with Crippen molar-refractivity contribution >= 4 is 12.1 Å². The Morgan fingerprint density at radius 2 is 1.93 bits per heavy atom. The Balaban J connectivity index is 1.76. The maximum absolute atomic E-state index is 11.7. The van der Waals surface area contributed by atoms with Crippen LogP contribution in [0.25, 0.3) is 0 Å². The molecule has 0 unspecified atom stereocenters. The summed E-state index contributed by atoms with van der Waals surface area (Å²) in [5.74, 6) is 2.85. The molecule has 0 spiro atoms. The largest absolute Gasteiger partial charge is 0.444 e. The molecule has 0 bridgehead atoms. The molecule has 0 aliphatic carbocycles. The van der Waals surface area contributed by atoms with E-state index in [9.17, 15) is 4.79 Å². The van der Waals surface area contributed by atoms with Crippen LogP contribution in [0.1, 0.15) is 58.6 Å². The third kappa shape index (κ3) is 7.74. The third-order valence-corrected chi connectivity index (χ3v) is 4.22. The minimum absolute atomic E-state index is 0.413. The molecule has 1 aliphatic heterocycles. The van der Waals surface area contributed by atoms with Crippen molar-refractivity contribution in [3.8, 4) is 0 Å². The Morgan fingerprint density at radius 1 is 1.14 bits per heavy atom. The van der Waals surface area contributed by atoms with E-state index >= 15 is 0 Å². The van der Waals surface area contributed by atoms with Crippen LogP contribution >= 0.6 is 0 Å². The second-order valence-corrected chi connectivity index (χ2v) is 7.86. The lowest BCUT2D eigenvalue weighted by Crippen LogP contribution is -2.42. The number of fused-ring (bicyclic) bond motifs is 1. The van der Waals surface area contributed by atoms with Crippen molar-refractivity contribution in [2.24, 2.45) is 4.99 Å². The first-order valence-corrected chi connectivity index (χ1v) is 10.3. The molecule has 0 saturated heterocycles. The first kappa shape index (κ1) is 22.0. The smallest absolute Gasteiger partial charge is 0.407 e. The molecule has 0 aromatic carbocycles. The highest BCUT2D eigenvalue weighted by molar-refractivity contribution is 5.79. The first-order chi connectivity index (χ1) is 13.4. The van der Waals surface area contributed by atoms with Gasteiger partial charge in [0.2, 0.25) is 0 Å². The highest BCUT2D eigenvalue weighted by Gasteiger charge is 2.16. The summed E-state index contributed by atoms with van der Waals surface area (Å²) in [6, 6.07) is 0. The second-order valence-electron chi connectivity index (χ2n) is 7.86. The number of nitrogens with one attached hydrogen (secondary N) is 3. The molecule has 9 nitrogen and oxygen atoms in total. The number of aromatic nitrogens is 3. The molecule has 158 valence electrons. The molecule has 0 saturated carbocycles. The fourth-order valence-corrected chi connectivity index (χ4v) is 3.00. The van der Waals surface area contributed by atoms with Crippen LogP contribution in [0.15, 0.2) is 4.99 Å². The van der Waals surface area contributed by atoms with Crippen LogP contribution in [0.4, 0.5) is 4.79 Å². The maximum Gasteiger partial charge on any atom is 0.407 e. The van der Waals surface area contributed by atoms with Crippen LogP contribution < -0.4 is 16.0 Å². The van der Waals surface area contributed by atoms with Gasteiger partial charge in [-0.3, -0.25) is 4.99 Å². The zero-order chi connectivity index (χ0) is 20.4. The van der Waals surface area contributed by atoms with Crippen molar-refractivity contribution in [2.45, 2.75) is 71.9 Å². The monoisotopic (exact) mass is 393 g/mol.